The largest absolute Gasteiger partial charge is 0.372 e. The van der Waals surface area contributed by atoms with Crippen molar-refractivity contribution >= 4 is 23.0 Å². The summed E-state index contributed by atoms with van der Waals surface area (Å²) >= 11 is 0. The van der Waals surface area contributed by atoms with E-state index in [0.29, 0.717) is 23.1 Å². The molecule has 1 fully saturated rings. The summed E-state index contributed by atoms with van der Waals surface area (Å²) in [7, 11) is 1.96. The number of carbonyl (C=O) groups excluding carboxylic acids is 3. The molecule has 0 N–H and O–H groups in total. The van der Waals surface area contributed by atoms with Gasteiger partial charge in [-0.3, -0.25) is 14.4 Å². The number of nitrogens with zero attached hydrogens (tertiary/aromatic N) is 2. The van der Waals surface area contributed by atoms with Gasteiger partial charge >= 0.3 is 0 Å². The number of piperidine rings is 1. The van der Waals surface area contributed by atoms with E-state index in [2.05, 4.69) is 24.0 Å². The second kappa shape index (κ2) is 12.1. The first-order valence-corrected chi connectivity index (χ1v) is 14.5. The molecule has 5 heteroatoms. The highest BCUT2D eigenvalue weighted by Gasteiger charge is 2.18. The lowest BCUT2D eigenvalue weighted by Gasteiger charge is -2.32. The van der Waals surface area contributed by atoms with Gasteiger partial charge in [0, 0.05) is 72.3 Å². The predicted octanol–water partition coefficient (Wildman–Crippen LogP) is 6.96. The van der Waals surface area contributed by atoms with Crippen LogP contribution in [0.4, 0.5) is 5.69 Å². The average Bonchev–Trinajstić information content (AvgIpc) is 3.25. The van der Waals surface area contributed by atoms with Crippen molar-refractivity contribution in [3.8, 4) is 0 Å². The Hall–Kier alpha value is -4.25. The molecule has 0 bridgehead atoms. The normalized spacial score (nSPS) is 13.8. The zero-order chi connectivity index (χ0) is 29.1. The molecule has 0 unspecified atom stereocenters. The molecule has 2 heterocycles. The number of hydrogen-bond acceptors (Lipinski definition) is 4. The Kier molecular flexibility index (Phi) is 8.34. The maximum Gasteiger partial charge on any atom is 0.193 e. The Morgan fingerprint density at radius 2 is 1.20 bits per heavy atom. The molecule has 0 atom stereocenters. The topological polar surface area (TPSA) is 59.4 Å². The standard InChI is InChI=1S/C36H38N2O3/c1-24-17-19-38(20-18-24)32-15-13-29(14-16-32)34(39)22-27-5-9-30(10-6-27)36(41)31-11-7-28(8-12-31)23-35(40)33-21-25(2)37(4)26(33)3/h5-16,21,24H,17-20,22-23H2,1-4H3. The van der Waals surface area contributed by atoms with Crippen LogP contribution in [0, 0.1) is 19.8 Å². The fourth-order valence-corrected chi connectivity index (χ4v) is 5.55. The Balaban J connectivity index is 1.17. The fourth-order valence-electron chi connectivity index (χ4n) is 5.55. The van der Waals surface area contributed by atoms with Gasteiger partial charge in [0.2, 0.25) is 0 Å². The summed E-state index contributed by atoms with van der Waals surface area (Å²) in [5.74, 6) is 0.834. The monoisotopic (exact) mass is 546 g/mol. The minimum atomic E-state index is -0.0852. The molecule has 0 radical (unpaired) electrons. The Labute approximate surface area is 242 Å². The average molecular weight is 547 g/mol. The second-order valence-corrected chi connectivity index (χ2v) is 11.5. The van der Waals surface area contributed by atoms with Crippen molar-refractivity contribution < 1.29 is 14.4 Å². The van der Waals surface area contributed by atoms with Crippen molar-refractivity contribution in [1.82, 2.24) is 4.57 Å². The quantitative estimate of drug-likeness (QED) is 0.213. The molecule has 4 aromatic rings. The van der Waals surface area contributed by atoms with Crippen LogP contribution in [0.1, 0.15) is 78.9 Å². The molecule has 1 saturated heterocycles. The maximum atomic E-state index is 13.1. The van der Waals surface area contributed by atoms with Gasteiger partial charge in [0.05, 0.1) is 0 Å². The van der Waals surface area contributed by atoms with Crippen LogP contribution in [-0.2, 0) is 19.9 Å². The van der Waals surface area contributed by atoms with Gasteiger partial charge in [-0.15, -0.1) is 0 Å². The van der Waals surface area contributed by atoms with Crippen molar-refractivity contribution in [1.29, 1.82) is 0 Å². The van der Waals surface area contributed by atoms with Crippen LogP contribution in [0.2, 0.25) is 0 Å². The molecule has 0 spiro atoms. The molecule has 1 aliphatic rings. The first-order chi connectivity index (χ1) is 19.7. The van der Waals surface area contributed by atoms with Crippen LogP contribution in [0.25, 0.3) is 0 Å². The summed E-state index contributed by atoms with van der Waals surface area (Å²) in [5, 5.41) is 0. The van der Waals surface area contributed by atoms with Crippen LogP contribution in [-0.4, -0.2) is 35.0 Å². The number of aromatic nitrogens is 1. The minimum absolute atomic E-state index is 0.0638. The van der Waals surface area contributed by atoms with Gasteiger partial charge in [-0.25, -0.2) is 0 Å². The lowest BCUT2D eigenvalue weighted by atomic mass is 9.97. The summed E-state index contributed by atoms with van der Waals surface area (Å²) in [6, 6.07) is 24.4. The van der Waals surface area contributed by atoms with Crippen LogP contribution in [0.3, 0.4) is 0 Å². The molecular formula is C36H38N2O3. The third-order valence-electron chi connectivity index (χ3n) is 8.58. The van der Waals surface area contributed by atoms with E-state index in [9.17, 15) is 14.4 Å². The summed E-state index contributed by atoms with van der Waals surface area (Å²) in [4.78, 5) is 41.2. The zero-order valence-electron chi connectivity index (χ0n) is 24.4. The molecule has 41 heavy (non-hydrogen) atoms. The molecule has 0 aliphatic carbocycles. The number of carbonyl (C=O) groups is 3. The molecule has 3 aromatic carbocycles. The van der Waals surface area contributed by atoms with E-state index in [4.69, 9.17) is 0 Å². The highest BCUT2D eigenvalue weighted by molar-refractivity contribution is 6.09. The summed E-state index contributed by atoms with van der Waals surface area (Å²) in [5.41, 5.74) is 7.53. The first-order valence-electron chi connectivity index (χ1n) is 14.5. The molecule has 210 valence electrons. The van der Waals surface area contributed by atoms with E-state index in [0.717, 1.165) is 47.1 Å². The third kappa shape index (κ3) is 6.40. The number of anilines is 1. The van der Waals surface area contributed by atoms with E-state index in [1.165, 1.54) is 18.5 Å². The molecular weight excluding hydrogens is 508 g/mol. The Morgan fingerprint density at radius 1 is 0.707 bits per heavy atom. The summed E-state index contributed by atoms with van der Waals surface area (Å²) < 4.78 is 2.02. The van der Waals surface area contributed by atoms with Gasteiger partial charge in [0.1, 0.15) is 0 Å². The molecule has 1 aromatic heterocycles. The lowest BCUT2D eigenvalue weighted by Crippen LogP contribution is -2.32. The first kappa shape index (κ1) is 28.3. The summed E-state index contributed by atoms with van der Waals surface area (Å²) in [6.07, 6.45) is 3.00. The Bertz CT molecular complexity index is 1550. The molecule has 0 saturated carbocycles. The van der Waals surface area contributed by atoms with Crippen LogP contribution in [0.15, 0.2) is 78.9 Å². The smallest absolute Gasteiger partial charge is 0.193 e. The minimum Gasteiger partial charge on any atom is -0.372 e. The van der Waals surface area contributed by atoms with E-state index in [1.54, 1.807) is 24.3 Å². The van der Waals surface area contributed by atoms with Crippen molar-refractivity contribution in [3.05, 3.63) is 124 Å². The van der Waals surface area contributed by atoms with E-state index in [-0.39, 0.29) is 23.8 Å². The van der Waals surface area contributed by atoms with E-state index < -0.39 is 0 Å². The molecule has 5 nitrogen and oxygen atoms in total. The van der Waals surface area contributed by atoms with Crippen molar-refractivity contribution in [2.45, 2.75) is 46.5 Å². The van der Waals surface area contributed by atoms with Crippen molar-refractivity contribution in [2.75, 3.05) is 18.0 Å². The van der Waals surface area contributed by atoms with Crippen LogP contribution < -0.4 is 4.90 Å². The maximum absolute atomic E-state index is 13.1. The zero-order valence-corrected chi connectivity index (χ0v) is 24.4. The number of ketones is 3. The van der Waals surface area contributed by atoms with Crippen molar-refractivity contribution in [3.63, 3.8) is 0 Å². The highest BCUT2D eigenvalue weighted by atomic mass is 16.1. The molecule has 1 aliphatic heterocycles. The van der Waals surface area contributed by atoms with Gasteiger partial charge in [-0.2, -0.15) is 0 Å². The fraction of sp³-hybridized carbons (Fsp3) is 0.306. The summed E-state index contributed by atoms with van der Waals surface area (Å²) in [6.45, 7) is 8.38. The lowest BCUT2D eigenvalue weighted by molar-refractivity contribution is 0.0984. The number of rotatable bonds is 9. The van der Waals surface area contributed by atoms with Crippen LogP contribution >= 0.6 is 0 Å². The van der Waals surface area contributed by atoms with Crippen LogP contribution in [0.5, 0.6) is 0 Å². The van der Waals surface area contributed by atoms with E-state index in [1.807, 2.05) is 67.9 Å². The number of Topliss-reactive ketones (excluding diaryl/α,β-unsaturated/α-hetero) is 2. The molecule has 5 rings (SSSR count). The van der Waals surface area contributed by atoms with E-state index >= 15 is 0 Å². The van der Waals surface area contributed by atoms with Gasteiger partial charge in [-0.1, -0.05) is 55.5 Å². The molecule has 0 amide bonds. The highest BCUT2D eigenvalue weighted by Crippen LogP contribution is 2.24. The van der Waals surface area contributed by atoms with Gasteiger partial charge in [0.15, 0.2) is 17.3 Å². The SMILES string of the molecule is Cc1cc(C(=O)Cc2ccc(C(=O)c3ccc(CC(=O)c4ccc(N5CCC(C)CC5)cc4)cc3)cc2)c(C)n1C. The Morgan fingerprint density at radius 3 is 1.68 bits per heavy atom. The second-order valence-electron chi connectivity index (χ2n) is 11.5. The number of aryl methyl sites for hydroxylation is 1. The number of benzene rings is 3. The van der Waals surface area contributed by atoms with Crippen molar-refractivity contribution in [2.24, 2.45) is 13.0 Å². The predicted molar refractivity (Wildman–Crippen MR) is 164 cm³/mol. The number of hydrogen-bond donors (Lipinski definition) is 0. The van der Waals surface area contributed by atoms with Gasteiger partial charge in [-0.05, 0) is 74.1 Å². The third-order valence-corrected chi connectivity index (χ3v) is 8.58. The van der Waals surface area contributed by atoms with Gasteiger partial charge in [0.25, 0.3) is 0 Å². The van der Waals surface area contributed by atoms with Gasteiger partial charge < -0.3 is 9.47 Å².